The quantitative estimate of drug-likeness (QED) is 0.233. The predicted octanol–water partition coefficient (Wildman–Crippen LogP) is 5.89. The van der Waals surface area contributed by atoms with Crippen molar-refractivity contribution in [3.63, 3.8) is 0 Å². The second-order valence-corrected chi connectivity index (χ2v) is 8.16. The lowest BCUT2D eigenvalue weighted by Gasteiger charge is -2.10. The fraction of sp³-hybridized carbons (Fsp3) is 0.0667. The van der Waals surface area contributed by atoms with Crippen LogP contribution in [0.5, 0.6) is 5.75 Å². The van der Waals surface area contributed by atoms with Crippen LogP contribution in [0.25, 0.3) is 22.0 Å². The summed E-state index contributed by atoms with van der Waals surface area (Å²) in [5, 5.41) is 5.27. The molecule has 0 aliphatic heterocycles. The van der Waals surface area contributed by atoms with Gasteiger partial charge in [0.15, 0.2) is 6.61 Å². The summed E-state index contributed by atoms with van der Waals surface area (Å²) in [4.78, 5) is 12.4. The minimum Gasteiger partial charge on any atom is -0.483 e. The van der Waals surface area contributed by atoms with E-state index in [0.29, 0.717) is 5.75 Å². The Balaban J connectivity index is 1.25. The number of ether oxygens (including phenoxy) is 1. The molecule has 0 fully saturated rings. The van der Waals surface area contributed by atoms with Crippen molar-refractivity contribution in [2.24, 2.45) is 5.10 Å². The molecule has 4 aromatic carbocycles. The van der Waals surface area contributed by atoms with Gasteiger partial charge in [-0.2, -0.15) is 5.10 Å². The Hall–Kier alpha value is -4.64. The summed E-state index contributed by atoms with van der Waals surface area (Å²) < 4.78 is 8.00. The van der Waals surface area contributed by atoms with Crippen LogP contribution in [-0.4, -0.2) is 23.3 Å². The Morgan fingerprint density at radius 1 is 0.829 bits per heavy atom. The molecule has 0 saturated carbocycles. The maximum atomic E-state index is 12.4. The van der Waals surface area contributed by atoms with E-state index in [4.69, 9.17) is 4.74 Å². The van der Waals surface area contributed by atoms with Crippen molar-refractivity contribution in [3.05, 3.63) is 127 Å². The molecule has 0 spiro atoms. The zero-order valence-corrected chi connectivity index (χ0v) is 19.2. The zero-order valence-electron chi connectivity index (χ0n) is 19.2. The van der Waals surface area contributed by atoms with Gasteiger partial charge in [-0.05, 0) is 23.3 Å². The molecule has 35 heavy (non-hydrogen) atoms. The van der Waals surface area contributed by atoms with Crippen LogP contribution in [0.3, 0.4) is 0 Å². The Bertz CT molecular complexity index is 1460. The Morgan fingerprint density at radius 3 is 2.34 bits per heavy atom. The van der Waals surface area contributed by atoms with E-state index in [0.717, 1.165) is 34.1 Å². The molecule has 0 atom stereocenters. The van der Waals surface area contributed by atoms with Crippen LogP contribution in [0.15, 0.2) is 120 Å². The minimum absolute atomic E-state index is 0.128. The van der Waals surface area contributed by atoms with E-state index in [1.54, 1.807) is 6.21 Å². The first-order valence-corrected chi connectivity index (χ1v) is 11.5. The lowest BCUT2D eigenvalue weighted by Crippen LogP contribution is -2.24. The van der Waals surface area contributed by atoms with E-state index in [9.17, 15) is 4.79 Å². The van der Waals surface area contributed by atoms with Crippen molar-refractivity contribution in [1.29, 1.82) is 0 Å². The Labute approximate surface area is 204 Å². The molecule has 172 valence electrons. The third kappa shape index (κ3) is 5.31. The highest BCUT2D eigenvalue weighted by molar-refractivity contribution is 5.99. The number of rotatable bonds is 8. The number of nitrogens with one attached hydrogen (secondary N) is 1. The van der Waals surface area contributed by atoms with E-state index in [2.05, 4.69) is 45.6 Å². The number of fused-ring (bicyclic) bond motifs is 1. The Morgan fingerprint density at radius 2 is 1.51 bits per heavy atom. The summed E-state index contributed by atoms with van der Waals surface area (Å²) >= 11 is 0. The maximum absolute atomic E-state index is 12.4. The van der Waals surface area contributed by atoms with Crippen molar-refractivity contribution < 1.29 is 9.53 Å². The number of hydrogen-bond acceptors (Lipinski definition) is 3. The zero-order chi connectivity index (χ0) is 23.9. The molecular formula is C30H25N3O2. The molecule has 0 unspecified atom stereocenters. The van der Waals surface area contributed by atoms with Crippen LogP contribution in [0.4, 0.5) is 0 Å². The fourth-order valence-electron chi connectivity index (χ4n) is 4.09. The van der Waals surface area contributed by atoms with Crippen molar-refractivity contribution in [3.8, 4) is 16.9 Å². The smallest absolute Gasteiger partial charge is 0.277 e. The van der Waals surface area contributed by atoms with Crippen LogP contribution in [0, 0.1) is 0 Å². The van der Waals surface area contributed by atoms with Gasteiger partial charge in [0, 0.05) is 34.8 Å². The van der Waals surface area contributed by atoms with Crippen molar-refractivity contribution in [1.82, 2.24) is 9.99 Å². The second-order valence-electron chi connectivity index (χ2n) is 8.16. The number of benzene rings is 4. The lowest BCUT2D eigenvalue weighted by atomic mass is 10.1. The third-order valence-electron chi connectivity index (χ3n) is 5.74. The molecule has 1 N–H and O–H groups in total. The highest BCUT2D eigenvalue weighted by atomic mass is 16.5. The molecule has 1 amide bonds. The van der Waals surface area contributed by atoms with Crippen LogP contribution in [0.2, 0.25) is 0 Å². The first kappa shape index (κ1) is 22.2. The summed E-state index contributed by atoms with van der Waals surface area (Å²) in [6.45, 7) is 0.632. The molecule has 0 saturated heterocycles. The summed E-state index contributed by atoms with van der Waals surface area (Å²) in [5.74, 6) is 0.332. The monoisotopic (exact) mass is 459 g/mol. The standard InChI is InChI=1S/C30H25N3O2/c34-30(22-35-29-18-10-8-16-27(29)24-13-5-2-6-14-24)32-31-19-25-21-33(20-23-11-3-1-4-12-23)28-17-9-7-15-26(25)28/h1-19,21H,20,22H2,(H,32,34). The van der Waals surface area contributed by atoms with E-state index in [1.165, 1.54) is 5.56 Å². The predicted molar refractivity (Wildman–Crippen MR) is 141 cm³/mol. The third-order valence-corrected chi connectivity index (χ3v) is 5.74. The average Bonchev–Trinajstić information content (AvgIpc) is 3.26. The molecule has 0 radical (unpaired) electrons. The number of para-hydroxylation sites is 2. The van der Waals surface area contributed by atoms with Gasteiger partial charge < -0.3 is 9.30 Å². The van der Waals surface area contributed by atoms with Gasteiger partial charge in [0.25, 0.3) is 5.91 Å². The fourth-order valence-corrected chi connectivity index (χ4v) is 4.09. The van der Waals surface area contributed by atoms with E-state index in [1.807, 2.05) is 84.9 Å². The SMILES string of the molecule is O=C(COc1ccccc1-c1ccccc1)NN=Cc1cn(Cc2ccccc2)c2ccccc12. The Kier molecular flexibility index (Phi) is 6.67. The first-order valence-electron chi connectivity index (χ1n) is 11.5. The van der Waals surface area contributed by atoms with E-state index >= 15 is 0 Å². The highest BCUT2D eigenvalue weighted by Gasteiger charge is 2.09. The van der Waals surface area contributed by atoms with Gasteiger partial charge in [0.2, 0.25) is 0 Å². The van der Waals surface area contributed by atoms with Crippen molar-refractivity contribution in [2.75, 3.05) is 6.61 Å². The van der Waals surface area contributed by atoms with Gasteiger partial charge in [-0.3, -0.25) is 4.79 Å². The molecule has 0 aliphatic carbocycles. The normalized spacial score (nSPS) is 11.1. The van der Waals surface area contributed by atoms with E-state index < -0.39 is 0 Å². The molecule has 5 rings (SSSR count). The van der Waals surface area contributed by atoms with Crippen molar-refractivity contribution in [2.45, 2.75) is 6.54 Å². The summed E-state index contributed by atoms with van der Waals surface area (Å²) in [7, 11) is 0. The van der Waals surface area contributed by atoms with Gasteiger partial charge >= 0.3 is 0 Å². The summed E-state index contributed by atoms with van der Waals surface area (Å²) in [6, 6.07) is 36.1. The van der Waals surface area contributed by atoms with Crippen LogP contribution >= 0.6 is 0 Å². The minimum atomic E-state index is -0.322. The average molecular weight is 460 g/mol. The van der Waals surface area contributed by atoms with Gasteiger partial charge in [-0.1, -0.05) is 97.1 Å². The molecule has 5 aromatic rings. The van der Waals surface area contributed by atoms with Gasteiger partial charge in [-0.15, -0.1) is 0 Å². The molecule has 1 heterocycles. The summed E-state index contributed by atoms with van der Waals surface area (Å²) in [6.07, 6.45) is 3.74. The number of amides is 1. The topological polar surface area (TPSA) is 55.6 Å². The molecule has 1 aromatic heterocycles. The molecule has 0 bridgehead atoms. The number of hydrazone groups is 1. The van der Waals surface area contributed by atoms with Gasteiger partial charge in [-0.25, -0.2) is 5.43 Å². The number of aromatic nitrogens is 1. The van der Waals surface area contributed by atoms with Crippen molar-refractivity contribution >= 4 is 23.0 Å². The van der Waals surface area contributed by atoms with Gasteiger partial charge in [0.05, 0.1) is 6.21 Å². The largest absolute Gasteiger partial charge is 0.483 e. The molecular weight excluding hydrogens is 434 g/mol. The summed E-state index contributed by atoms with van der Waals surface area (Å²) in [5.41, 5.74) is 7.83. The van der Waals surface area contributed by atoms with Crippen LogP contribution in [-0.2, 0) is 11.3 Å². The number of nitrogens with zero attached hydrogens (tertiary/aromatic N) is 2. The molecule has 5 nitrogen and oxygen atoms in total. The van der Waals surface area contributed by atoms with Gasteiger partial charge in [0.1, 0.15) is 5.75 Å². The molecule has 0 aliphatic rings. The number of carbonyl (C=O) groups excluding carboxylic acids is 1. The highest BCUT2D eigenvalue weighted by Crippen LogP contribution is 2.29. The van der Waals surface area contributed by atoms with Crippen LogP contribution in [0.1, 0.15) is 11.1 Å². The second kappa shape index (κ2) is 10.5. The lowest BCUT2D eigenvalue weighted by molar-refractivity contribution is -0.123. The number of carbonyl (C=O) groups is 1. The molecule has 5 heteroatoms. The van der Waals surface area contributed by atoms with E-state index in [-0.39, 0.29) is 12.5 Å². The van der Waals surface area contributed by atoms with Crippen LogP contribution < -0.4 is 10.2 Å². The maximum Gasteiger partial charge on any atom is 0.277 e. The number of hydrogen-bond donors (Lipinski definition) is 1. The first-order chi connectivity index (χ1) is 17.3.